The number of fused-ring (bicyclic) bond motifs is 1. The number of H-pyrrole nitrogens is 1. The van der Waals surface area contributed by atoms with E-state index in [1.807, 2.05) is 5.32 Å². The molecule has 1 aliphatic rings. The maximum absolute atomic E-state index is 14.7. The summed E-state index contributed by atoms with van der Waals surface area (Å²) in [5.74, 6) is -2.47. The number of hydrogen-bond acceptors (Lipinski definition) is 8. The SMILES string of the molecule is COc1ccc(CCn2c3c(c(=O)[nH]c2=O)C(NS(=O)(=O)c2ccc(NC(C)=O)cc2)(C(F)(F)F)C(=O)N3)cc1OC. The summed E-state index contributed by atoms with van der Waals surface area (Å²) >= 11 is 0. The van der Waals surface area contributed by atoms with Gasteiger partial charge in [-0.05, 0) is 48.4 Å². The fourth-order valence-corrected chi connectivity index (χ4v) is 5.79. The lowest BCUT2D eigenvalue weighted by Gasteiger charge is -2.29. The summed E-state index contributed by atoms with van der Waals surface area (Å²) in [7, 11) is -2.31. The van der Waals surface area contributed by atoms with Crippen molar-refractivity contribution in [2.75, 3.05) is 24.9 Å². The van der Waals surface area contributed by atoms with Gasteiger partial charge in [0.2, 0.25) is 21.5 Å². The van der Waals surface area contributed by atoms with Crippen LogP contribution in [0.5, 0.6) is 11.5 Å². The lowest BCUT2D eigenvalue weighted by atomic mass is 9.93. The number of aryl methyl sites for hydroxylation is 1. The minimum Gasteiger partial charge on any atom is -0.493 e. The largest absolute Gasteiger partial charge is 0.493 e. The number of alkyl halides is 3. The van der Waals surface area contributed by atoms with Crippen LogP contribution in [0.4, 0.5) is 24.7 Å². The highest BCUT2D eigenvalue weighted by Crippen LogP contribution is 2.46. The van der Waals surface area contributed by atoms with Crippen LogP contribution >= 0.6 is 0 Å². The Labute approximate surface area is 235 Å². The molecule has 2 aromatic carbocycles. The van der Waals surface area contributed by atoms with Gasteiger partial charge in [-0.15, -0.1) is 0 Å². The third kappa shape index (κ3) is 5.35. The van der Waals surface area contributed by atoms with Gasteiger partial charge in [0.1, 0.15) is 5.82 Å². The Morgan fingerprint density at radius 3 is 2.24 bits per heavy atom. The van der Waals surface area contributed by atoms with Crippen LogP contribution in [-0.4, -0.2) is 50.2 Å². The lowest BCUT2D eigenvalue weighted by molar-refractivity contribution is -0.194. The Morgan fingerprint density at radius 1 is 1.02 bits per heavy atom. The van der Waals surface area contributed by atoms with Gasteiger partial charge in [0.15, 0.2) is 11.5 Å². The first-order valence-corrected chi connectivity index (χ1v) is 13.5. The van der Waals surface area contributed by atoms with Crippen LogP contribution in [0.15, 0.2) is 56.9 Å². The molecule has 3 aromatic rings. The van der Waals surface area contributed by atoms with Crippen LogP contribution in [0.2, 0.25) is 0 Å². The second-order valence-electron chi connectivity index (χ2n) is 9.09. The molecule has 1 unspecified atom stereocenters. The zero-order valence-corrected chi connectivity index (χ0v) is 23.0. The number of aromatic amines is 1. The summed E-state index contributed by atoms with van der Waals surface area (Å²) in [5.41, 5.74) is -7.44. The molecule has 224 valence electrons. The molecule has 4 N–H and O–H groups in total. The minimum absolute atomic E-state index is 0.0278. The van der Waals surface area contributed by atoms with Gasteiger partial charge in [-0.2, -0.15) is 17.9 Å². The second-order valence-corrected chi connectivity index (χ2v) is 10.8. The van der Waals surface area contributed by atoms with Gasteiger partial charge in [0.25, 0.3) is 11.5 Å². The molecule has 1 atom stereocenters. The van der Waals surface area contributed by atoms with Crippen molar-refractivity contribution in [2.45, 2.75) is 36.5 Å². The Bertz CT molecular complexity index is 1790. The Hall–Kier alpha value is -4.64. The first-order chi connectivity index (χ1) is 19.6. The van der Waals surface area contributed by atoms with Crippen molar-refractivity contribution in [2.24, 2.45) is 0 Å². The summed E-state index contributed by atoms with van der Waals surface area (Å²) < 4.78 is 82.9. The second kappa shape index (κ2) is 11.0. The number of amides is 2. The van der Waals surface area contributed by atoms with Crippen LogP contribution in [-0.2, 0) is 38.1 Å². The average molecular weight is 612 g/mol. The maximum Gasteiger partial charge on any atom is 0.421 e. The molecule has 0 saturated heterocycles. The van der Waals surface area contributed by atoms with Crippen molar-refractivity contribution in [3.8, 4) is 11.5 Å². The molecule has 1 aliphatic heterocycles. The molecule has 42 heavy (non-hydrogen) atoms. The molecule has 2 amide bonds. The Balaban J connectivity index is 1.78. The van der Waals surface area contributed by atoms with Crippen molar-refractivity contribution in [3.05, 3.63) is 74.4 Å². The zero-order valence-electron chi connectivity index (χ0n) is 22.2. The van der Waals surface area contributed by atoms with Crippen molar-refractivity contribution >= 4 is 33.3 Å². The Morgan fingerprint density at radius 2 is 1.67 bits per heavy atom. The van der Waals surface area contributed by atoms with E-state index >= 15 is 0 Å². The Kier molecular flexibility index (Phi) is 7.92. The molecule has 0 saturated carbocycles. The third-order valence-corrected chi connectivity index (χ3v) is 7.88. The fraction of sp³-hybridized carbons (Fsp3) is 0.280. The maximum atomic E-state index is 14.7. The molecule has 0 radical (unpaired) electrons. The van der Waals surface area contributed by atoms with Gasteiger partial charge in [-0.1, -0.05) is 6.07 Å². The summed E-state index contributed by atoms with van der Waals surface area (Å²) in [6.07, 6.45) is -5.65. The number of nitrogens with zero attached hydrogens (tertiary/aromatic N) is 1. The van der Waals surface area contributed by atoms with E-state index in [4.69, 9.17) is 9.47 Å². The number of halogens is 3. The van der Waals surface area contributed by atoms with Gasteiger partial charge >= 0.3 is 11.9 Å². The topological polar surface area (TPSA) is 178 Å². The number of ether oxygens (including phenoxy) is 2. The molecular weight excluding hydrogens is 587 g/mol. The first kappa shape index (κ1) is 30.3. The number of carbonyl (C=O) groups excluding carboxylic acids is 2. The predicted octanol–water partition coefficient (Wildman–Crippen LogP) is 1.44. The minimum atomic E-state index is -5.68. The highest BCUT2D eigenvalue weighted by atomic mass is 32.2. The summed E-state index contributed by atoms with van der Waals surface area (Å²) in [4.78, 5) is 50.8. The van der Waals surface area contributed by atoms with Gasteiger partial charge in [-0.25, -0.2) is 13.2 Å². The number of benzene rings is 2. The number of aromatic nitrogens is 2. The quantitative estimate of drug-likeness (QED) is 0.281. The van der Waals surface area contributed by atoms with Crippen LogP contribution < -0.4 is 36.1 Å². The standard InChI is InChI=1S/C25H24F3N5O8S/c1-13(34)29-15-5-7-16(8-6-15)42(38,39)32-24(25(26,27)28)19-20(30-22(24)36)33(23(37)31-21(19)35)11-10-14-4-9-17(40-2)18(12-14)41-3/h4-9,12,32H,10-11H2,1-3H3,(H,29,34)(H,30,36)(H,31,35,37). The van der Waals surface area contributed by atoms with E-state index in [0.717, 1.165) is 24.3 Å². The van der Waals surface area contributed by atoms with Gasteiger partial charge in [0.05, 0.1) is 24.7 Å². The van der Waals surface area contributed by atoms with Crippen LogP contribution in [0, 0.1) is 0 Å². The van der Waals surface area contributed by atoms with E-state index in [9.17, 15) is 40.8 Å². The predicted molar refractivity (Wildman–Crippen MR) is 142 cm³/mol. The van der Waals surface area contributed by atoms with Crippen LogP contribution in [0.25, 0.3) is 0 Å². The highest BCUT2D eigenvalue weighted by Gasteiger charge is 2.69. The molecule has 4 rings (SSSR count). The van der Waals surface area contributed by atoms with E-state index in [2.05, 4.69) is 5.32 Å². The number of sulfonamides is 1. The number of anilines is 2. The number of methoxy groups -OCH3 is 2. The van der Waals surface area contributed by atoms with Crippen molar-refractivity contribution < 1.29 is 40.7 Å². The van der Waals surface area contributed by atoms with Gasteiger partial charge in [0, 0.05) is 19.2 Å². The molecule has 1 aromatic heterocycles. The number of hydrogen-bond donors (Lipinski definition) is 4. The number of nitrogens with one attached hydrogen (secondary N) is 4. The molecule has 2 heterocycles. The summed E-state index contributed by atoms with van der Waals surface area (Å²) in [6, 6.07) is 8.80. The average Bonchev–Trinajstić information content (AvgIpc) is 3.20. The van der Waals surface area contributed by atoms with E-state index in [1.54, 1.807) is 23.2 Å². The first-order valence-electron chi connectivity index (χ1n) is 12.0. The molecule has 13 nitrogen and oxygen atoms in total. The normalized spacial score (nSPS) is 16.5. The molecule has 0 bridgehead atoms. The zero-order chi connectivity index (χ0) is 31.0. The van der Waals surface area contributed by atoms with Gasteiger partial charge in [-0.3, -0.25) is 23.9 Å². The lowest BCUT2D eigenvalue weighted by Crippen LogP contribution is -2.61. The van der Waals surface area contributed by atoms with E-state index in [-0.39, 0.29) is 18.7 Å². The van der Waals surface area contributed by atoms with Crippen LogP contribution in [0.3, 0.4) is 0 Å². The smallest absolute Gasteiger partial charge is 0.421 e. The monoisotopic (exact) mass is 611 g/mol. The van der Waals surface area contributed by atoms with Crippen molar-refractivity contribution in [3.63, 3.8) is 0 Å². The molecule has 0 fully saturated rings. The van der Waals surface area contributed by atoms with Crippen LogP contribution in [0.1, 0.15) is 18.1 Å². The van der Waals surface area contributed by atoms with E-state index in [1.165, 1.54) is 25.9 Å². The van der Waals surface area contributed by atoms with Crippen molar-refractivity contribution in [1.29, 1.82) is 0 Å². The molecular formula is C25H24F3N5O8S. The van der Waals surface area contributed by atoms with Gasteiger partial charge < -0.3 is 20.1 Å². The van der Waals surface area contributed by atoms with E-state index < -0.39 is 61.1 Å². The van der Waals surface area contributed by atoms with E-state index in [0.29, 0.717) is 21.6 Å². The summed E-state index contributed by atoms with van der Waals surface area (Å²) in [5, 5.41) is 4.27. The molecule has 0 aliphatic carbocycles. The molecule has 17 heteroatoms. The molecule has 0 spiro atoms. The summed E-state index contributed by atoms with van der Waals surface area (Å²) in [6.45, 7) is 0.874. The number of rotatable bonds is 9. The third-order valence-electron chi connectivity index (χ3n) is 6.42. The number of carbonyl (C=O) groups is 2. The highest BCUT2D eigenvalue weighted by molar-refractivity contribution is 7.89. The van der Waals surface area contributed by atoms with Crippen molar-refractivity contribution in [1.82, 2.24) is 14.3 Å². The fourth-order valence-electron chi connectivity index (χ4n) is 4.46.